The summed E-state index contributed by atoms with van der Waals surface area (Å²) in [6.07, 6.45) is 0.882. The van der Waals surface area contributed by atoms with Gasteiger partial charge in [0.15, 0.2) is 11.5 Å². The normalized spacial score (nSPS) is 15.8. The Morgan fingerprint density at radius 1 is 1.24 bits per heavy atom. The largest absolute Gasteiger partial charge is 0.493 e. The number of rotatable bonds is 7. The first-order valence-electron chi connectivity index (χ1n) is 8.31. The quantitative estimate of drug-likeness (QED) is 0.706. The van der Waals surface area contributed by atoms with Crippen molar-refractivity contribution in [1.29, 1.82) is 0 Å². The molecular weight excluding hydrogens is 330 g/mol. The number of amides is 1. The van der Waals surface area contributed by atoms with Crippen molar-refractivity contribution in [2.45, 2.75) is 13.3 Å². The minimum Gasteiger partial charge on any atom is -0.493 e. The molecule has 1 fully saturated rings. The van der Waals surface area contributed by atoms with E-state index in [1.165, 1.54) is 6.08 Å². The molecule has 1 aliphatic heterocycles. The second kappa shape index (κ2) is 9.36. The van der Waals surface area contributed by atoms with Gasteiger partial charge in [0.2, 0.25) is 5.91 Å². The first kappa shape index (κ1) is 19.2. The highest BCUT2D eigenvalue weighted by Gasteiger charge is 2.21. The van der Waals surface area contributed by atoms with Gasteiger partial charge in [-0.05, 0) is 30.7 Å². The van der Waals surface area contributed by atoms with E-state index in [1.807, 2.05) is 19.1 Å². The van der Waals surface area contributed by atoms with Crippen LogP contribution in [0.4, 0.5) is 8.78 Å². The third-order valence-electron chi connectivity index (χ3n) is 3.99. The molecule has 0 aromatic heterocycles. The van der Waals surface area contributed by atoms with Crippen LogP contribution in [-0.2, 0) is 4.79 Å². The lowest BCUT2D eigenvalue weighted by Crippen LogP contribution is -2.49. The molecule has 1 heterocycles. The van der Waals surface area contributed by atoms with Gasteiger partial charge in [-0.2, -0.15) is 0 Å². The highest BCUT2D eigenvalue weighted by atomic mass is 19.3. The van der Waals surface area contributed by atoms with Crippen molar-refractivity contribution in [2.24, 2.45) is 0 Å². The van der Waals surface area contributed by atoms with Gasteiger partial charge in [0.1, 0.15) is 0 Å². The van der Waals surface area contributed by atoms with Crippen molar-refractivity contribution >= 4 is 12.0 Å². The second-order valence-corrected chi connectivity index (χ2v) is 5.69. The Kier molecular flexibility index (Phi) is 7.18. The molecule has 2 rings (SSSR count). The Bertz CT molecular complexity index is 600. The van der Waals surface area contributed by atoms with Gasteiger partial charge in [0.05, 0.1) is 20.3 Å². The lowest BCUT2D eigenvalue weighted by Gasteiger charge is -2.33. The molecule has 25 heavy (non-hydrogen) atoms. The number of carbonyl (C=O) groups excluding carboxylic acids is 1. The number of methoxy groups -OCH3 is 1. The monoisotopic (exact) mass is 354 g/mol. The number of carbonyl (C=O) groups is 1. The molecule has 0 N–H and O–H groups in total. The van der Waals surface area contributed by atoms with Crippen molar-refractivity contribution in [3.8, 4) is 11.5 Å². The molecule has 138 valence electrons. The molecule has 0 saturated carbocycles. The van der Waals surface area contributed by atoms with E-state index in [-0.39, 0.29) is 12.5 Å². The summed E-state index contributed by atoms with van der Waals surface area (Å²) in [6.45, 7) is 4.04. The Balaban J connectivity index is 1.93. The van der Waals surface area contributed by atoms with Crippen LogP contribution in [0.3, 0.4) is 0 Å². The Hall–Kier alpha value is -2.15. The summed E-state index contributed by atoms with van der Waals surface area (Å²) in [4.78, 5) is 15.6. The molecule has 0 aliphatic carbocycles. The van der Waals surface area contributed by atoms with E-state index >= 15 is 0 Å². The fourth-order valence-corrected chi connectivity index (χ4v) is 2.68. The van der Waals surface area contributed by atoms with E-state index in [0.717, 1.165) is 5.56 Å². The molecule has 0 unspecified atom stereocenters. The van der Waals surface area contributed by atoms with Crippen molar-refractivity contribution in [1.82, 2.24) is 9.80 Å². The maximum absolute atomic E-state index is 12.4. The van der Waals surface area contributed by atoms with Gasteiger partial charge in [-0.15, -0.1) is 0 Å². The number of halogens is 2. The summed E-state index contributed by atoms with van der Waals surface area (Å²) < 4.78 is 35.5. The molecule has 0 bridgehead atoms. The predicted octanol–water partition coefficient (Wildman–Crippen LogP) is 2.52. The number of nitrogens with zero attached hydrogens (tertiary/aromatic N) is 2. The number of piperazine rings is 1. The van der Waals surface area contributed by atoms with Gasteiger partial charge in [-0.25, -0.2) is 8.78 Å². The van der Waals surface area contributed by atoms with Crippen LogP contribution in [0.25, 0.3) is 6.08 Å². The molecule has 1 aromatic carbocycles. The lowest BCUT2D eigenvalue weighted by atomic mass is 10.2. The van der Waals surface area contributed by atoms with Gasteiger partial charge >= 0.3 is 0 Å². The highest BCUT2D eigenvalue weighted by molar-refractivity contribution is 5.92. The molecule has 1 saturated heterocycles. The topological polar surface area (TPSA) is 42.0 Å². The maximum Gasteiger partial charge on any atom is 0.251 e. The van der Waals surface area contributed by atoms with Gasteiger partial charge in [0.25, 0.3) is 6.43 Å². The summed E-state index contributed by atoms with van der Waals surface area (Å²) in [5.74, 6) is 1.14. The standard InChI is InChI=1S/C18H24F2N2O3/c1-3-25-16-12-14(4-6-15(16)24-2)5-7-18(23)22-10-8-21(9-11-22)13-17(19)20/h4-7,12,17H,3,8-11,13H2,1-2H3/b7-5+. The first-order valence-corrected chi connectivity index (χ1v) is 8.31. The van der Waals surface area contributed by atoms with E-state index in [1.54, 1.807) is 29.1 Å². The molecule has 0 atom stereocenters. The van der Waals surface area contributed by atoms with Crippen LogP contribution in [-0.4, -0.2) is 68.6 Å². The zero-order chi connectivity index (χ0) is 18.2. The fourth-order valence-electron chi connectivity index (χ4n) is 2.68. The van der Waals surface area contributed by atoms with Crippen LogP contribution < -0.4 is 9.47 Å². The van der Waals surface area contributed by atoms with Gasteiger partial charge < -0.3 is 14.4 Å². The zero-order valence-electron chi connectivity index (χ0n) is 14.6. The van der Waals surface area contributed by atoms with E-state index < -0.39 is 6.43 Å². The Morgan fingerprint density at radius 2 is 1.96 bits per heavy atom. The molecule has 5 nitrogen and oxygen atoms in total. The smallest absolute Gasteiger partial charge is 0.251 e. The SMILES string of the molecule is CCOc1cc(/C=C/C(=O)N2CCN(CC(F)F)CC2)ccc1OC. The minimum absolute atomic E-state index is 0.120. The molecule has 0 radical (unpaired) electrons. The summed E-state index contributed by atoms with van der Waals surface area (Å²) in [5, 5.41) is 0. The number of hydrogen-bond donors (Lipinski definition) is 0. The van der Waals surface area contributed by atoms with Crippen molar-refractivity contribution in [3.05, 3.63) is 29.8 Å². The molecule has 1 aliphatic rings. The zero-order valence-corrected chi connectivity index (χ0v) is 14.6. The van der Waals surface area contributed by atoms with Gasteiger partial charge in [-0.3, -0.25) is 9.69 Å². The molecule has 1 amide bonds. The van der Waals surface area contributed by atoms with Crippen LogP contribution >= 0.6 is 0 Å². The summed E-state index contributed by atoms with van der Waals surface area (Å²) in [7, 11) is 1.57. The molecule has 0 spiro atoms. The average Bonchev–Trinajstić information content (AvgIpc) is 2.60. The van der Waals surface area contributed by atoms with E-state index in [9.17, 15) is 13.6 Å². The molecular formula is C18H24F2N2O3. The van der Waals surface area contributed by atoms with Crippen LogP contribution in [0.2, 0.25) is 0 Å². The number of benzene rings is 1. The minimum atomic E-state index is -2.34. The summed E-state index contributed by atoms with van der Waals surface area (Å²) in [6, 6.07) is 5.44. The van der Waals surface area contributed by atoms with Crippen LogP contribution in [0.15, 0.2) is 24.3 Å². The number of ether oxygens (including phenoxy) is 2. The van der Waals surface area contributed by atoms with Crippen LogP contribution in [0.5, 0.6) is 11.5 Å². The van der Waals surface area contributed by atoms with Crippen molar-refractivity contribution in [2.75, 3.05) is 46.4 Å². The fraction of sp³-hybridized carbons (Fsp3) is 0.500. The number of alkyl halides is 2. The second-order valence-electron chi connectivity index (χ2n) is 5.69. The van der Waals surface area contributed by atoms with E-state index in [4.69, 9.17) is 9.47 Å². The van der Waals surface area contributed by atoms with E-state index in [0.29, 0.717) is 44.3 Å². The first-order chi connectivity index (χ1) is 12.0. The van der Waals surface area contributed by atoms with Gasteiger partial charge in [0, 0.05) is 32.3 Å². The third-order valence-corrected chi connectivity index (χ3v) is 3.99. The maximum atomic E-state index is 12.4. The van der Waals surface area contributed by atoms with Gasteiger partial charge in [-0.1, -0.05) is 6.07 Å². The summed E-state index contributed by atoms with van der Waals surface area (Å²) in [5.41, 5.74) is 0.828. The Labute approximate surface area is 146 Å². The van der Waals surface area contributed by atoms with Crippen molar-refractivity contribution in [3.63, 3.8) is 0 Å². The number of hydrogen-bond acceptors (Lipinski definition) is 4. The molecule has 1 aromatic rings. The summed E-state index contributed by atoms with van der Waals surface area (Å²) >= 11 is 0. The van der Waals surface area contributed by atoms with Crippen LogP contribution in [0.1, 0.15) is 12.5 Å². The highest BCUT2D eigenvalue weighted by Crippen LogP contribution is 2.28. The molecule has 7 heteroatoms. The Morgan fingerprint density at radius 3 is 2.56 bits per heavy atom. The van der Waals surface area contributed by atoms with Crippen molar-refractivity contribution < 1.29 is 23.0 Å². The predicted molar refractivity (Wildman–Crippen MR) is 92.2 cm³/mol. The lowest BCUT2D eigenvalue weighted by molar-refractivity contribution is -0.127. The van der Waals surface area contributed by atoms with E-state index in [2.05, 4.69) is 0 Å². The van der Waals surface area contributed by atoms with Crippen LogP contribution in [0, 0.1) is 0 Å². The third kappa shape index (κ3) is 5.70. The average molecular weight is 354 g/mol.